The van der Waals surface area contributed by atoms with Gasteiger partial charge in [-0.3, -0.25) is 4.79 Å². The summed E-state index contributed by atoms with van der Waals surface area (Å²) in [7, 11) is 2.12. The van der Waals surface area contributed by atoms with E-state index in [1.807, 2.05) is 36.4 Å². The highest BCUT2D eigenvalue weighted by Crippen LogP contribution is 2.20. The highest BCUT2D eigenvalue weighted by molar-refractivity contribution is 6.07. The lowest BCUT2D eigenvalue weighted by Gasteiger charge is -2.34. The summed E-state index contributed by atoms with van der Waals surface area (Å²) in [5.41, 5.74) is 2.56. The van der Waals surface area contributed by atoms with Crippen molar-refractivity contribution in [2.75, 3.05) is 48.8 Å². The molecule has 0 spiro atoms. The highest BCUT2D eigenvalue weighted by atomic mass is 16.1. The number of anilines is 3. The average Bonchev–Trinajstić information content (AvgIpc) is 2.75. The first kappa shape index (κ1) is 19.9. The standard InChI is InChI=1S/C22H22N6O/c1-27-10-12-28(13-11-27)20-8-6-19(7-9-20)25-16-18(15-24)22(29)26-21-5-3-2-4-17(21)14-23/h2-9,16,25H,10-13H2,1H3,(H,26,29)/b18-16-. The third-order valence-electron chi connectivity index (χ3n) is 4.78. The Morgan fingerprint density at radius 2 is 1.72 bits per heavy atom. The zero-order chi connectivity index (χ0) is 20.6. The van der Waals surface area contributed by atoms with Crippen molar-refractivity contribution in [3.63, 3.8) is 0 Å². The van der Waals surface area contributed by atoms with Crippen LogP contribution >= 0.6 is 0 Å². The molecular weight excluding hydrogens is 364 g/mol. The van der Waals surface area contributed by atoms with Crippen molar-refractivity contribution in [3.05, 3.63) is 65.9 Å². The van der Waals surface area contributed by atoms with Crippen molar-refractivity contribution in [2.24, 2.45) is 0 Å². The van der Waals surface area contributed by atoms with Crippen LogP contribution in [0.4, 0.5) is 17.1 Å². The van der Waals surface area contributed by atoms with Gasteiger partial charge in [0.2, 0.25) is 0 Å². The number of para-hydroxylation sites is 1. The monoisotopic (exact) mass is 386 g/mol. The van der Waals surface area contributed by atoms with Crippen molar-refractivity contribution in [2.45, 2.75) is 0 Å². The zero-order valence-electron chi connectivity index (χ0n) is 16.2. The van der Waals surface area contributed by atoms with Crippen LogP contribution in [-0.4, -0.2) is 44.0 Å². The van der Waals surface area contributed by atoms with Crippen molar-refractivity contribution in [1.29, 1.82) is 10.5 Å². The summed E-state index contributed by atoms with van der Waals surface area (Å²) >= 11 is 0. The van der Waals surface area contributed by atoms with E-state index in [0.717, 1.165) is 37.6 Å². The van der Waals surface area contributed by atoms with Crippen molar-refractivity contribution in [1.82, 2.24) is 4.90 Å². The number of benzene rings is 2. The highest BCUT2D eigenvalue weighted by Gasteiger charge is 2.14. The fourth-order valence-electron chi connectivity index (χ4n) is 3.02. The van der Waals surface area contributed by atoms with Gasteiger partial charge in [-0.2, -0.15) is 10.5 Å². The quantitative estimate of drug-likeness (QED) is 0.606. The summed E-state index contributed by atoms with van der Waals surface area (Å²) in [6.07, 6.45) is 1.37. The molecule has 7 nitrogen and oxygen atoms in total. The van der Waals surface area contributed by atoms with Gasteiger partial charge in [0.25, 0.3) is 5.91 Å². The minimum Gasteiger partial charge on any atom is -0.369 e. The first-order valence-electron chi connectivity index (χ1n) is 9.31. The number of piperazine rings is 1. The molecule has 0 radical (unpaired) electrons. The Labute approximate surface area is 170 Å². The van der Waals surface area contributed by atoms with E-state index in [4.69, 9.17) is 5.26 Å². The first-order valence-corrected chi connectivity index (χ1v) is 9.31. The number of nitrogens with zero attached hydrogens (tertiary/aromatic N) is 4. The maximum Gasteiger partial charge on any atom is 0.267 e. The third-order valence-corrected chi connectivity index (χ3v) is 4.78. The van der Waals surface area contributed by atoms with Crippen LogP contribution in [-0.2, 0) is 4.79 Å². The molecule has 0 bridgehead atoms. The van der Waals surface area contributed by atoms with Crippen LogP contribution in [0.2, 0.25) is 0 Å². The van der Waals surface area contributed by atoms with Crippen LogP contribution in [0.1, 0.15) is 5.56 Å². The molecule has 1 fully saturated rings. The predicted octanol–water partition coefficient (Wildman–Crippen LogP) is 2.77. The molecule has 29 heavy (non-hydrogen) atoms. The van der Waals surface area contributed by atoms with E-state index in [1.54, 1.807) is 24.3 Å². The van der Waals surface area contributed by atoms with Gasteiger partial charge in [0.05, 0.1) is 11.3 Å². The normalized spacial score (nSPS) is 14.6. The number of nitrogens with one attached hydrogen (secondary N) is 2. The van der Waals surface area contributed by atoms with E-state index in [-0.39, 0.29) is 5.57 Å². The minimum atomic E-state index is -0.572. The molecule has 7 heteroatoms. The summed E-state index contributed by atoms with van der Waals surface area (Å²) in [5, 5.41) is 24.0. The lowest BCUT2D eigenvalue weighted by molar-refractivity contribution is -0.112. The second kappa shape index (κ2) is 9.41. The second-order valence-electron chi connectivity index (χ2n) is 6.76. The van der Waals surface area contributed by atoms with E-state index in [1.165, 1.54) is 6.20 Å². The molecule has 0 unspecified atom stereocenters. The lowest BCUT2D eigenvalue weighted by atomic mass is 10.2. The first-order chi connectivity index (χ1) is 14.1. The van der Waals surface area contributed by atoms with Gasteiger partial charge in [-0.25, -0.2) is 0 Å². The Morgan fingerprint density at radius 1 is 1.03 bits per heavy atom. The molecule has 0 aromatic heterocycles. The van der Waals surface area contributed by atoms with Gasteiger partial charge >= 0.3 is 0 Å². The van der Waals surface area contributed by atoms with Crippen LogP contribution < -0.4 is 15.5 Å². The van der Waals surface area contributed by atoms with Crippen LogP contribution in [0.15, 0.2) is 60.3 Å². The van der Waals surface area contributed by atoms with E-state index < -0.39 is 5.91 Å². The molecule has 3 rings (SSSR count). The van der Waals surface area contributed by atoms with Gasteiger partial charge in [0, 0.05) is 43.8 Å². The molecule has 1 aliphatic heterocycles. The molecule has 1 heterocycles. The molecule has 0 aliphatic carbocycles. The zero-order valence-corrected chi connectivity index (χ0v) is 16.2. The molecule has 1 amide bonds. The van der Waals surface area contributed by atoms with Gasteiger partial charge in [-0.1, -0.05) is 12.1 Å². The largest absolute Gasteiger partial charge is 0.369 e. The van der Waals surface area contributed by atoms with Gasteiger partial charge in [0.1, 0.15) is 17.7 Å². The Kier molecular flexibility index (Phi) is 6.47. The summed E-state index contributed by atoms with van der Waals surface area (Å²) in [6, 6.07) is 18.4. The molecule has 146 valence electrons. The lowest BCUT2D eigenvalue weighted by Crippen LogP contribution is -2.44. The third kappa shape index (κ3) is 5.13. The number of carbonyl (C=O) groups is 1. The number of likely N-dealkylation sites (N-methyl/N-ethyl adjacent to an activating group) is 1. The summed E-state index contributed by atoms with van der Waals surface area (Å²) in [5.74, 6) is -0.572. The van der Waals surface area contributed by atoms with Crippen molar-refractivity contribution in [3.8, 4) is 12.1 Å². The maximum atomic E-state index is 12.4. The van der Waals surface area contributed by atoms with E-state index >= 15 is 0 Å². The summed E-state index contributed by atoms with van der Waals surface area (Å²) in [4.78, 5) is 17.0. The Hall–Kier alpha value is -3.81. The van der Waals surface area contributed by atoms with Crippen molar-refractivity contribution >= 4 is 23.0 Å². The minimum absolute atomic E-state index is 0.0825. The van der Waals surface area contributed by atoms with E-state index in [9.17, 15) is 10.1 Å². The number of carbonyl (C=O) groups excluding carboxylic acids is 1. The Balaban J connectivity index is 1.63. The molecule has 2 aromatic carbocycles. The SMILES string of the molecule is CN1CCN(c2ccc(N/C=C(/C#N)C(=O)Nc3ccccc3C#N)cc2)CC1. The molecule has 0 atom stereocenters. The van der Waals surface area contributed by atoms with Gasteiger partial charge < -0.3 is 20.4 Å². The topological polar surface area (TPSA) is 95.2 Å². The molecule has 0 saturated carbocycles. The molecule has 2 aromatic rings. The summed E-state index contributed by atoms with van der Waals surface area (Å²) < 4.78 is 0. The van der Waals surface area contributed by atoms with Crippen molar-refractivity contribution < 1.29 is 4.79 Å². The fourth-order valence-corrected chi connectivity index (χ4v) is 3.02. The smallest absolute Gasteiger partial charge is 0.267 e. The van der Waals surface area contributed by atoms with E-state index in [0.29, 0.717) is 11.3 Å². The average molecular weight is 386 g/mol. The van der Waals surface area contributed by atoms with Gasteiger partial charge in [0.15, 0.2) is 0 Å². The van der Waals surface area contributed by atoms with Gasteiger partial charge in [-0.15, -0.1) is 0 Å². The number of hydrogen-bond acceptors (Lipinski definition) is 6. The molecule has 1 aliphatic rings. The number of rotatable bonds is 5. The van der Waals surface area contributed by atoms with E-state index in [2.05, 4.69) is 27.5 Å². The van der Waals surface area contributed by atoms with Crippen LogP contribution in [0.5, 0.6) is 0 Å². The second-order valence-corrected chi connectivity index (χ2v) is 6.76. The maximum absolute atomic E-state index is 12.4. The van der Waals surface area contributed by atoms with Crippen LogP contribution in [0.3, 0.4) is 0 Å². The number of nitriles is 2. The number of hydrogen-bond donors (Lipinski definition) is 2. The van der Waals surface area contributed by atoms with Crippen LogP contribution in [0.25, 0.3) is 0 Å². The molecular formula is C22H22N6O. The summed E-state index contributed by atoms with van der Waals surface area (Å²) in [6.45, 7) is 4.06. The fraction of sp³-hybridized carbons (Fsp3) is 0.227. The predicted molar refractivity (Wildman–Crippen MR) is 113 cm³/mol. The number of amides is 1. The van der Waals surface area contributed by atoms with Gasteiger partial charge in [-0.05, 0) is 43.4 Å². The Morgan fingerprint density at radius 3 is 2.38 bits per heavy atom. The van der Waals surface area contributed by atoms with Crippen LogP contribution in [0, 0.1) is 22.7 Å². The Bertz CT molecular complexity index is 976. The molecule has 2 N–H and O–H groups in total. The molecule has 1 saturated heterocycles.